The monoisotopic (exact) mass is 822 g/mol. The number of hydrogen-bond acceptors (Lipinski definition) is 9. The van der Waals surface area contributed by atoms with Crippen molar-refractivity contribution < 1.29 is 46.8 Å². The molecule has 0 aromatic carbocycles. The summed E-state index contributed by atoms with van der Waals surface area (Å²) in [5, 5.41) is 0. The van der Waals surface area contributed by atoms with E-state index in [2.05, 4.69) is 68.5 Å². The van der Waals surface area contributed by atoms with Crippen molar-refractivity contribution in [3.63, 3.8) is 0 Å². The predicted octanol–water partition coefficient (Wildman–Crippen LogP) is 10.8. The van der Waals surface area contributed by atoms with E-state index in [0.717, 1.165) is 70.6 Å². The van der Waals surface area contributed by atoms with Gasteiger partial charge in [-0.05, 0) is 77.0 Å². The number of carbonyl (C=O) groups is 2. The van der Waals surface area contributed by atoms with E-state index in [0.29, 0.717) is 36.1 Å². The topological polar surface area (TPSA) is 124 Å². The van der Waals surface area contributed by atoms with E-state index in [-0.39, 0.29) is 26.1 Å². The molecule has 0 aromatic heterocycles. The van der Waals surface area contributed by atoms with Gasteiger partial charge in [0.2, 0.25) is 0 Å². The van der Waals surface area contributed by atoms with Crippen LogP contribution in [0.5, 0.6) is 0 Å². The molecule has 1 rings (SSSR count). The Labute approximate surface area is 347 Å². The minimum absolute atomic E-state index is 0.0477. The molecule has 1 aliphatic heterocycles. The SMILES string of the molecule is CCCCC/C=C\C/C=C\C/C=C\C/C=C\CCCC(=O)OC[C@H](COP(=O)([O-])OCC[N+](C)(C)C)OC(=O)CCCCCCCC1OC1C/C=C\CCCCC. The molecule has 0 amide bonds. The van der Waals surface area contributed by atoms with Gasteiger partial charge in [-0.25, -0.2) is 0 Å². The number of ether oxygens (including phenoxy) is 3. The lowest BCUT2D eigenvalue weighted by molar-refractivity contribution is -0.870. The fourth-order valence-corrected chi connectivity index (χ4v) is 6.56. The first kappa shape index (κ1) is 52.7. The summed E-state index contributed by atoms with van der Waals surface area (Å²) in [6.07, 6.45) is 42.7. The summed E-state index contributed by atoms with van der Waals surface area (Å²) < 4.78 is 39.6. The number of hydrogen-bond donors (Lipinski definition) is 0. The van der Waals surface area contributed by atoms with Gasteiger partial charge < -0.3 is 32.6 Å². The first-order chi connectivity index (χ1) is 27.5. The number of epoxide rings is 1. The fourth-order valence-electron chi connectivity index (χ4n) is 5.83. The molecular weight excluding hydrogens is 741 g/mol. The zero-order chi connectivity index (χ0) is 41.9. The maximum absolute atomic E-state index is 12.7. The largest absolute Gasteiger partial charge is 0.756 e. The number of rotatable bonds is 38. The molecule has 0 N–H and O–H groups in total. The molecule has 0 saturated carbocycles. The van der Waals surface area contributed by atoms with Gasteiger partial charge in [-0.1, -0.05) is 126 Å². The average molecular weight is 822 g/mol. The Bertz CT molecular complexity index is 1220. The molecule has 3 unspecified atom stereocenters. The Morgan fingerprint density at radius 2 is 1.19 bits per heavy atom. The van der Waals surface area contributed by atoms with E-state index in [1.807, 2.05) is 27.2 Å². The zero-order valence-corrected chi connectivity index (χ0v) is 37.4. The highest BCUT2D eigenvalue weighted by Gasteiger charge is 2.36. The van der Waals surface area contributed by atoms with E-state index in [4.69, 9.17) is 23.3 Å². The van der Waals surface area contributed by atoms with Gasteiger partial charge in [0.25, 0.3) is 7.82 Å². The van der Waals surface area contributed by atoms with Crippen molar-refractivity contribution in [1.29, 1.82) is 0 Å². The Morgan fingerprint density at radius 1 is 0.649 bits per heavy atom. The van der Waals surface area contributed by atoms with Crippen molar-refractivity contribution in [3.8, 4) is 0 Å². The number of phosphoric ester groups is 1. The lowest BCUT2D eigenvalue weighted by Crippen LogP contribution is -2.37. The van der Waals surface area contributed by atoms with E-state index < -0.39 is 32.5 Å². The fraction of sp³-hybridized carbons (Fsp3) is 0.739. The average Bonchev–Trinajstić information content (AvgIpc) is 3.92. The molecule has 1 saturated heterocycles. The Hall–Kier alpha value is -2.33. The van der Waals surface area contributed by atoms with Crippen molar-refractivity contribution in [2.75, 3.05) is 47.5 Å². The minimum Gasteiger partial charge on any atom is -0.756 e. The molecule has 0 radical (unpaired) electrons. The summed E-state index contributed by atoms with van der Waals surface area (Å²) in [6, 6.07) is 0. The second-order valence-electron chi connectivity index (χ2n) is 16.1. The number of quaternary nitrogens is 1. The van der Waals surface area contributed by atoms with Crippen LogP contribution in [0.3, 0.4) is 0 Å². The van der Waals surface area contributed by atoms with Crippen LogP contribution < -0.4 is 4.89 Å². The van der Waals surface area contributed by atoms with Crippen LogP contribution >= 0.6 is 7.82 Å². The van der Waals surface area contributed by atoms with Gasteiger partial charge in [0.1, 0.15) is 19.8 Å². The van der Waals surface area contributed by atoms with Crippen LogP contribution in [0, 0.1) is 0 Å². The van der Waals surface area contributed by atoms with Crippen LogP contribution in [0.25, 0.3) is 0 Å². The molecule has 4 atom stereocenters. The molecule has 10 nitrogen and oxygen atoms in total. The van der Waals surface area contributed by atoms with E-state index in [1.54, 1.807) is 0 Å². The lowest BCUT2D eigenvalue weighted by atomic mass is 10.1. The molecule has 0 spiro atoms. The normalized spacial score (nSPS) is 17.7. The first-order valence-corrected chi connectivity index (χ1v) is 23.6. The van der Waals surface area contributed by atoms with Crippen LogP contribution in [-0.2, 0) is 37.4 Å². The maximum atomic E-state index is 12.7. The molecule has 0 bridgehead atoms. The maximum Gasteiger partial charge on any atom is 0.306 e. The van der Waals surface area contributed by atoms with Crippen LogP contribution in [-0.4, -0.2) is 82.2 Å². The van der Waals surface area contributed by atoms with Crippen molar-refractivity contribution in [2.45, 2.75) is 173 Å². The first-order valence-electron chi connectivity index (χ1n) is 22.1. The summed E-state index contributed by atoms with van der Waals surface area (Å²) in [5.41, 5.74) is 0. The molecule has 0 aromatic rings. The summed E-state index contributed by atoms with van der Waals surface area (Å²) in [6.45, 7) is 4.06. The number of phosphoric acid groups is 1. The second-order valence-corrected chi connectivity index (χ2v) is 17.5. The van der Waals surface area contributed by atoms with Gasteiger partial charge in [-0.2, -0.15) is 0 Å². The molecule has 328 valence electrons. The summed E-state index contributed by atoms with van der Waals surface area (Å²) in [7, 11) is 1.11. The molecular formula is C46H80NO9P. The summed E-state index contributed by atoms with van der Waals surface area (Å²) in [4.78, 5) is 37.6. The molecule has 57 heavy (non-hydrogen) atoms. The van der Waals surface area contributed by atoms with E-state index in [9.17, 15) is 19.0 Å². The second kappa shape index (κ2) is 34.5. The third kappa shape index (κ3) is 35.3. The molecule has 1 heterocycles. The van der Waals surface area contributed by atoms with Gasteiger partial charge in [0.15, 0.2) is 6.10 Å². The van der Waals surface area contributed by atoms with Crippen LogP contribution in [0.2, 0.25) is 0 Å². The highest BCUT2D eigenvalue weighted by molar-refractivity contribution is 7.45. The summed E-state index contributed by atoms with van der Waals surface area (Å²) in [5.74, 6) is -0.929. The number of unbranched alkanes of at least 4 members (excludes halogenated alkanes) is 11. The summed E-state index contributed by atoms with van der Waals surface area (Å²) >= 11 is 0. The highest BCUT2D eigenvalue weighted by Crippen LogP contribution is 2.38. The van der Waals surface area contributed by atoms with Gasteiger partial charge in [0, 0.05) is 12.8 Å². The number of esters is 2. The molecule has 1 fully saturated rings. The Kier molecular flexibility index (Phi) is 31.9. The molecule has 1 aliphatic rings. The number of likely N-dealkylation sites (N-methyl/N-ethyl adjacent to an activating group) is 1. The van der Waals surface area contributed by atoms with Gasteiger partial charge in [0.05, 0.1) is 40.0 Å². The Morgan fingerprint density at radius 3 is 1.81 bits per heavy atom. The van der Waals surface area contributed by atoms with Gasteiger partial charge in [-0.15, -0.1) is 0 Å². The van der Waals surface area contributed by atoms with Crippen LogP contribution in [0.4, 0.5) is 0 Å². The van der Waals surface area contributed by atoms with Crippen LogP contribution in [0.1, 0.15) is 155 Å². The van der Waals surface area contributed by atoms with Crippen molar-refractivity contribution in [1.82, 2.24) is 0 Å². The Balaban J connectivity index is 2.34. The highest BCUT2D eigenvalue weighted by atomic mass is 31.2. The third-order valence-electron chi connectivity index (χ3n) is 9.43. The molecule has 0 aliphatic carbocycles. The van der Waals surface area contributed by atoms with Crippen LogP contribution in [0.15, 0.2) is 60.8 Å². The number of carbonyl (C=O) groups excluding carboxylic acids is 2. The van der Waals surface area contributed by atoms with Gasteiger partial charge >= 0.3 is 11.9 Å². The predicted molar refractivity (Wildman–Crippen MR) is 231 cm³/mol. The number of nitrogens with zero attached hydrogens (tertiary/aromatic N) is 1. The third-order valence-corrected chi connectivity index (χ3v) is 10.4. The standard InChI is InChI=1S/C46H80NO9P/c1-6-8-10-12-14-15-16-17-18-19-20-21-22-23-24-28-32-36-45(48)52-40-42(41-54-57(50,51)53-39-38-47(3,4)5)55-46(49)37-33-29-25-27-31-35-44-43(56-44)34-30-26-13-11-9-7-2/h14-15,17-18,20-21,23-24,26,30,42-44H,6-13,16,19,22,25,27-29,31-41H2,1-5H3/b15-14-,18-17-,21-20-,24-23-,30-26-/t42-,43?,44?/m1/s1. The van der Waals surface area contributed by atoms with Crippen molar-refractivity contribution >= 4 is 19.8 Å². The van der Waals surface area contributed by atoms with Crippen molar-refractivity contribution in [3.05, 3.63) is 60.8 Å². The smallest absolute Gasteiger partial charge is 0.306 e. The van der Waals surface area contributed by atoms with E-state index >= 15 is 0 Å². The zero-order valence-electron chi connectivity index (χ0n) is 36.5. The van der Waals surface area contributed by atoms with Crippen molar-refractivity contribution in [2.24, 2.45) is 0 Å². The van der Waals surface area contributed by atoms with Gasteiger partial charge in [-0.3, -0.25) is 14.2 Å². The minimum atomic E-state index is -4.65. The lowest BCUT2D eigenvalue weighted by Gasteiger charge is -2.28. The number of allylic oxidation sites excluding steroid dienone is 9. The van der Waals surface area contributed by atoms with E-state index in [1.165, 1.54) is 44.9 Å². The quantitative estimate of drug-likeness (QED) is 0.0149. The molecule has 11 heteroatoms.